The number of hydrogen-bond donors (Lipinski definition) is 1. The average Bonchev–Trinajstić information content (AvgIpc) is 2.98. The van der Waals surface area contributed by atoms with E-state index in [1.54, 1.807) is 12.1 Å². The van der Waals surface area contributed by atoms with Crippen molar-refractivity contribution in [3.05, 3.63) is 88.1 Å². The number of aryl methyl sites for hydroxylation is 4. The van der Waals surface area contributed by atoms with Crippen molar-refractivity contribution < 1.29 is 5.11 Å². The standard InChI is InChI=1S/C23H28N2O2/c1-2-16-25-21(10-6-9-20-11-13-22(26)14-12-20)18-24(23(25)27)17-15-19-7-4-3-5-8-19/h3-5,7-8,11-14,18,26H,2,6,9-10,15-17H2,1H3. The van der Waals surface area contributed by atoms with E-state index < -0.39 is 0 Å². The van der Waals surface area contributed by atoms with Crippen LogP contribution in [0.2, 0.25) is 0 Å². The number of aromatic hydroxyl groups is 1. The average molecular weight is 364 g/mol. The second kappa shape index (κ2) is 9.26. The number of imidazole rings is 1. The van der Waals surface area contributed by atoms with Crippen molar-refractivity contribution in [1.29, 1.82) is 0 Å². The first kappa shape index (κ1) is 19.0. The Morgan fingerprint density at radius 1 is 0.852 bits per heavy atom. The van der Waals surface area contributed by atoms with Gasteiger partial charge in [-0.1, -0.05) is 49.4 Å². The molecule has 0 atom stereocenters. The number of nitrogens with zero attached hydrogens (tertiary/aromatic N) is 2. The molecule has 0 radical (unpaired) electrons. The van der Waals surface area contributed by atoms with Crippen LogP contribution in [0.15, 0.2) is 65.6 Å². The summed E-state index contributed by atoms with van der Waals surface area (Å²) in [4.78, 5) is 12.8. The monoisotopic (exact) mass is 364 g/mol. The van der Waals surface area contributed by atoms with Gasteiger partial charge in [0.25, 0.3) is 0 Å². The minimum Gasteiger partial charge on any atom is -0.508 e. The van der Waals surface area contributed by atoms with Gasteiger partial charge in [-0.25, -0.2) is 4.79 Å². The molecule has 0 unspecified atom stereocenters. The second-order valence-electron chi connectivity index (χ2n) is 7.00. The number of rotatable bonds is 9. The van der Waals surface area contributed by atoms with Crippen LogP contribution in [-0.2, 0) is 32.4 Å². The van der Waals surface area contributed by atoms with E-state index in [9.17, 15) is 9.90 Å². The zero-order valence-electron chi connectivity index (χ0n) is 16.0. The summed E-state index contributed by atoms with van der Waals surface area (Å²) in [5, 5.41) is 9.38. The molecule has 4 heteroatoms. The summed E-state index contributed by atoms with van der Waals surface area (Å²) in [6.45, 7) is 3.59. The number of aromatic nitrogens is 2. The highest BCUT2D eigenvalue weighted by atomic mass is 16.3. The molecule has 2 aromatic carbocycles. The largest absolute Gasteiger partial charge is 0.508 e. The molecule has 0 aliphatic rings. The van der Waals surface area contributed by atoms with Gasteiger partial charge in [-0.05, 0) is 55.4 Å². The van der Waals surface area contributed by atoms with Crippen LogP contribution in [0.4, 0.5) is 0 Å². The zero-order chi connectivity index (χ0) is 19.1. The predicted octanol–water partition coefficient (Wildman–Crippen LogP) is 4.18. The van der Waals surface area contributed by atoms with Crippen molar-refractivity contribution in [1.82, 2.24) is 9.13 Å². The topological polar surface area (TPSA) is 47.2 Å². The van der Waals surface area contributed by atoms with E-state index in [4.69, 9.17) is 0 Å². The molecule has 1 heterocycles. The maximum atomic E-state index is 12.8. The van der Waals surface area contributed by atoms with Gasteiger partial charge in [-0.3, -0.25) is 9.13 Å². The molecule has 4 nitrogen and oxygen atoms in total. The second-order valence-corrected chi connectivity index (χ2v) is 7.00. The van der Waals surface area contributed by atoms with Crippen LogP contribution in [0.3, 0.4) is 0 Å². The molecule has 3 aromatic rings. The fourth-order valence-corrected chi connectivity index (χ4v) is 3.44. The molecule has 0 spiro atoms. The van der Waals surface area contributed by atoms with Crippen LogP contribution >= 0.6 is 0 Å². The Kier molecular flexibility index (Phi) is 6.53. The third-order valence-corrected chi connectivity index (χ3v) is 4.89. The minimum atomic E-state index is 0.104. The molecule has 142 valence electrons. The SMILES string of the molecule is CCCn1c(CCCc2ccc(O)cc2)cn(CCc2ccccc2)c1=O. The molecule has 3 rings (SSSR count). The normalized spacial score (nSPS) is 11.0. The molecule has 0 saturated carbocycles. The van der Waals surface area contributed by atoms with Gasteiger partial charge in [-0.15, -0.1) is 0 Å². The predicted molar refractivity (Wildman–Crippen MR) is 109 cm³/mol. The van der Waals surface area contributed by atoms with Gasteiger partial charge in [0.05, 0.1) is 0 Å². The van der Waals surface area contributed by atoms with Gasteiger partial charge in [0.2, 0.25) is 0 Å². The van der Waals surface area contributed by atoms with Gasteiger partial charge in [0, 0.05) is 25.0 Å². The number of phenolic OH excluding ortho intramolecular Hbond substituents is 1. The van der Waals surface area contributed by atoms with Crippen molar-refractivity contribution in [2.45, 2.75) is 52.1 Å². The van der Waals surface area contributed by atoms with E-state index in [1.807, 2.05) is 45.7 Å². The lowest BCUT2D eigenvalue weighted by molar-refractivity contribution is 0.475. The molecular formula is C23H28N2O2. The first-order valence-corrected chi connectivity index (χ1v) is 9.78. The van der Waals surface area contributed by atoms with Gasteiger partial charge in [-0.2, -0.15) is 0 Å². The summed E-state index contributed by atoms with van der Waals surface area (Å²) < 4.78 is 3.79. The zero-order valence-corrected chi connectivity index (χ0v) is 16.0. The molecule has 0 fully saturated rings. The van der Waals surface area contributed by atoms with E-state index in [0.717, 1.165) is 44.3 Å². The van der Waals surface area contributed by atoms with Crippen LogP contribution in [0.1, 0.15) is 36.6 Å². The van der Waals surface area contributed by atoms with E-state index >= 15 is 0 Å². The lowest BCUT2D eigenvalue weighted by Crippen LogP contribution is -2.25. The molecular weight excluding hydrogens is 336 g/mol. The summed E-state index contributed by atoms with van der Waals surface area (Å²) in [5.74, 6) is 0.297. The smallest absolute Gasteiger partial charge is 0.328 e. The highest BCUT2D eigenvalue weighted by Crippen LogP contribution is 2.13. The van der Waals surface area contributed by atoms with Crippen molar-refractivity contribution in [2.24, 2.45) is 0 Å². The maximum Gasteiger partial charge on any atom is 0.328 e. The molecule has 0 aliphatic carbocycles. The fraction of sp³-hybridized carbons (Fsp3) is 0.348. The van der Waals surface area contributed by atoms with Gasteiger partial charge >= 0.3 is 5.69 Å². The van der Waals surface area contributed by atoms with Gasteiger partial charge < -0.3 is 5.11 Å². The Labute approximate surface area is 160 Å². The van der Waals surface area contributed by atoms with Gasteiger partial charge in [0.1, 0.15) is 5.75 Å². The lowest BCUT2D eigenvalue weighted by Gasteiger charge is -2.06. The Balaban J connectivity index is 1.66. The molecule has 0 saturated heterocycles. The Morgan fingerprint density at radius 3 is 2.26 bits per heavy atom. The minimum absolute atomic E-state index is 0.104. The van der Waals surface area contributed by atoms with E-state index in [2.05, 4.69) is 19.1 Å². The maximum absolute atomic E-state index is 12.8. The van der Waals surface area contributed by atoms with Crippen LogP contribution in [0.25, 0.3) is 0 Å². The van der Waals surface area contributed by atoms with E-state index in [0.29, 0.717) is 12.3 Å². The van der Waals surface area contributed by atoms with E-state index in [1.165, 1.54) is 11.1 Å². The summed E-state index contributed by atoms with van der Waals surface area (Å²) in [6.07, 6.45) is 6.66. The Hall–Kier alpha value is -2.75. The number of phenols is 1. The van der Waals surface area contributed by atoms with Crippen molar-refractivity contribution in [2.75, 3.05) is 0 Å². The molecule has 0 bridgehead atoms. The van der Waals surface area contributed by atoms with Crippen molar-refractivity contribution >= 4 is 0 Å². The third-order valence-electron chi connectivity index (χ3n) is 4.89. The number of benzene rings is 2. The highest BCUT2D eigenvalue weighted by molar-refractivity contribution is 5.26. The lowest BCUT2D eigenvalue weighted by atomic mass is 10.1. The van der Waals surface area contributed by atoms with Crippen LogP contribution < -0.4 is 5.69 Å². The van der Waals surface area contributed by atoms with Crippen molar-refractivity contribution in [3.8, 4) is 5.75 Å². The fourth-order valence-electron chi connectivity index (χ4n) is 3.44. The van der Waals surface area contributed by atoms with Crippen LogP contribution in [0.5, 0.6) is 5.75 Å². The van der Waals surface area contributed by atoms with Gasteiger partial charge in [0.15, 0.2) is 0 Å². The van der Waals surface area contributed by atoms with Crippen LogP contribution in [-0.4, -0.2) is 14.2 Å². The Bertz CT molecular complexity index is 892. The summed E-state index contributed by atoms with van der Waals surface area (Å²) in [5.41, 5.74) is 3.68. The first-order valence-electron chi connectivity index (χ1n) is 9.78. The molecule has 27 heavy (non-hydrogen) atoms. The molecule has 1 N–H and O–H groups in total. The van der Waals surface area contributed by atoms with E-state index in [-0.39, 0.29) is 5.69 Å². The molecule has 1 aromatic heterocycles. The summed E-state index contributed by atoms with van der Waals surface area (Å²) in [7, 11) is 0. The molecule has 0 amide bonds. The summed E-state index contributed by atoms with van der Waals surface area (Å²) in [6, 6.07) is 17.7. The summed E-state index contributed by atoms with van der Waals surface area (Å²) >= 11 is 0. The van der Waals surface area contributed by atoms with Crippen molar-refractivity contribution in [3.63, 3.8) is 0 Å². The quantitative estimate of drug-likeness (QED) is 0.619. The van der Waals surface area contributed by atoms with Crippen LogP contribution in [0, 0.1) is 0 Å². The first-order chi connectivity index (χ1) is 13.2. The molecule has 0 aliphatic heterocycles. The Morgan fingerprint density at radius 2 is 1.56 bits per heavy atom. The highest BCUT2D eigenvalue weighted by Gasteiger charge is 2.11. The third kappa shape index (κ3) is 5.13. The number of hydrogen-bond acceptors (Lipinski definition) is 2.